The van der Waals surface area contributed by atoms with Crippen LogP contribution >= 0.6 is 0 Å². The summed E-state index contributed by atoms with van der Waals surface area (Å²) in [5.41, 5.74) is 1.05. The van der Waals surface area contributed by atoms with Crippen molar-refractivity contribution in [2.75, 3.05) is 6.61 Å². The minimum absolute atomic E-state index is 0.149. The second-order valence-corrected chi connectivity index (χ2v) is 5.94. The molecule has 2 nitrogen and oxygen atoms in total. The number of rotatable bonds is 7. The monoisotopic (exact) mass is 272 g/mol. The Hall–Kier alpha value is -1.41. The van der Waals surface area contributed by atoms with E-state index >= 15 is 0 Å². The molecule has 2 atom stereocenters. The highest BCUT2D eigenvalue weighted by atomic mass is 16.5. The summed E-state index contributed by atoms with van der Waals surface area (Å²) in [5, 5.41) is 0. The van der Waals surface area contributed by atoms with Gasteiger partial charge in [0.25, 0.3) is 0 Å². The molecule has 0 fully saturated rings. The van der Waals surface area contributed by atoms with E-state index in [1.54, 1.807) is 0 Å². The Bertz CT molecular complexity index is 438. The largest absolute Gasteiger partial charge is 0.377 e. The molecule has 1 aromatic rings. The Morgan fingerprint density at radius 3 is 2.85 bits per heavy atom. The molecule has 2 heteroatoms. The van der Waals surface area contributed by atoms with Gasteiger partial charge in [-0.2, -0.15) is 0 Å². The maximum atomic E-state index is 11.4. The van der Waals surface area contributed by atoms with Crippen LogP contribution in [0.25, 0.3) is 0 Å². The molecule has 0 radical (unpaired) electrons. The normalized spacial score (nSPS) is 25.6. The molecule has 0 saturated heterocycles. The number of carbonyl (C=O) groups excluding carboxylic acids is 1. The van der Waals surface area contributed by atoms with Crippen LogP contribution < -0.4 is 0 Å². The summed E-state index contributed by atoms with van der Waals surface area (Å²) in [4.78, 5) is 11.4. The van der Waals surface area contributed by atoms with Gasteiger partial charge in [-0.15, -0.1) is 0 Å². The third kappa shape index (κ3) is 4.31. The fourth-order valence-corrected chi connectivity index (χ4v) is 2.98. The highest BCUT2D eigenvalue weighted by Crippen LogP contribution is 2.37. The second kappa shape index (κ2) is 7.39. The van der Waals surface area contributed by atoms with E-state index in [-0.39, 0.29) is 5.41 Å². The summed E-state index contributed by atoms with van der Waals surface area (Å²) in [6.45, 7) is 3.56. The fourth-order valence-electron chi connectivity index (χ4n) is 2.98. The molecule has 108 valence electrons. The third-order valence-electron chi connectivity index (χ3n) is 4.04. The van der Waals surface area contributed by atoms with Crippen molar-refractivity contribution in [3.8, 4) is 0 Å². The van der Waals surface area contributed by atoms with E-state index in [1.165, 1.54) is 11.8 Å². The molecule has 0 bridgehead atoms. The van der Waals surface area contributed by atoms with E-state index < -0.39 is 0 Å². The number of hydrogen-bond donors (Lipinski definition) is 0. The Balaban J connectivity index is 1.70. The summed E-state index contributed by atoms with van der Waals surface area (Å²) in [6, 6.07) is 10.2. The minimum atomic E-state index is -0.149. The summed E-state index contributed by atoms with van der Waals surface area (Å²) >= 11 is 0. The lowest BCUT2D eigenvalue weighted by Crippen LogP contribution is -2.27. The standard InChI is InChI=1S/C18H24O2/c1-16-7-5-10-18(13-16,15-19)11-6-12-20-14-17-8-3-2-4-9-17/h2-5,7-9,15-16H,6,10-14H2,1H3/t16-,18+/m1/s1. The molecule has 0 amide bonds. The molecule has 0 unspecified atom stereocenters. The lowest BCUT2D eigenvalue weighted by atomic mass is 9.72. The second-order valence-electron chi connectivity index (χ2n) is 5.94. The molecular weight excluding hydrogens is 248 g/mol. The van der Waals surface area contributed by atoms with Crippen LogP contribution in [0.5, 0.6) is 0 Å². The van der Waals surface area contributed by atoms with Gasteiger partial charge in [0.2, 0.25) is 0 Å². The maximum Gasteiger partial charge on any atom is 0.126 e. The van der Waals surface area contributed by atoms with Gasteiger partial charge in [-0.1, -0.05) is 49.4 Å². The molecule has 0 N–H and O–H groups in total. The van der Waals surface area contributed by atoms with Crippen molar-refractivity contribution < 1.29 is 9.53 Å². The van der Waals surface area contributed by atoms with E-state index in [4.69, 9.17) is 4.74 Å². The molecule has 1 aromatic carbocycles. The molecule has 1 aliphatic carbocycles. The zero-order valence-corrected chi connectivity index (χ0v) is 12.3. The molecule has 0 saturated carbocycles. The van der Waals surface area contributed by atoms with Crippen LogP contribution in [0.15, 0.2) is 42.5 Å². The zero-order chi connectivity index (χ0) is 14.3. The average Bonchev–Trinajstić information content (AvgIpc) is 2.48. The first-order valence-electron chi connectivity index (χ1n) is 7.49. The number of hydrogen-bond acceptors (Lipinski definition) is 2. The summed E-state index contributed by atoms with van der Waals surface area (Å²) in [7, 11) is 0. The van der Waals surface area contributed by atoms with Crippen molar-refractivity contribution in [3.63, 3.8) is 0 Å². The van der Waals surface area contributed by atoms with Gasteiger partial charge in [0, 0.05) is 12.0 Å². The highest BCUT2D eigenvalue weighted by Gasteiger charge is 2.31. The topological polar surface area (TPSA) is 26.3 Å². The maximum absolute atomic E-state index is 11.4. The smallest absolute Gasteiger partial charge is 0.126 e. The molecule has 1 aliphatic rings. The zero-order valence-electron chi connectivity index (χ0n) is 12.3. The van der Waals surface area contributed by atoms with Gasteiger partial charge in [0.05, 0.1) is 6.61 Å². The van der Waals surface area contributed by atoms with Crippen molar-refractivity contribution in [1.82, 2.24) is 0 Å². The molecule has 20 heavy (non-hydrogen) atoms. The quantitative estimate of drug-likeness (QED) is 0.423. The van der Waals surface area contributed by atoms with Crippen molar-refractivity contribution in [2.24, 2.45) is 11.3 Å². The Labute approximate surface area is 121 Å². The Morgan fingerprint density at radius 1 is 1.35 bits per heavy atom. The lowest BCUT2D eigenvalue weighted by Gasteiger charge is -2.32. The SMILES string of the molecule is C[C@@H]1C=CC[C@](C=O)(CCCOCc2ccccc2)C1. The summed E-state index contributed by atoms with van der Waals surface area (Å²) < 4.78 is 5.69. The van der Waals surface area contributed by atoms with E-state index in [0.717, 1.165) is 32.3 Å². The van der Waals surface area contributed by atoms with Crippen LogP contribution in [-0.2, 0) is 16.1 Å². The van der Waals surface area contributed by atoms with E-state index in [9.17, 15) is 4.79 Å². The molecule has 2 rings (SSSR count). The van der Waals surface area contributed by atoms with Crippen molar-refractivity contribution in [3.05, 3.63) is 48.0 Å². The number of benzene rings is 1. The average molecular weight is 272 g/mol. The van der Waals surface area contributed by atoms with Crippen molar-refractivity contribution >= 4 is 6.29 Å². The van der Waals surface area contributed by atoms with Crippen LogP contribution in [0.2, 0.25) is 0 Å². The van der Waals surface area contributed by atoms with Crippen LogP contribution in [0.1, 0.15) is 38.2 Å². The van der Waals surface area contributed by atoms with E-state index in [2.05, 4.69) is 31.2 Å². The van der Waals surface area contributed by atoms with Crippen LogP contribution in [-0.4, -0.2) is 12.9 Å². The fraction of sp³-hybridized carbons (Fsp3) is 0.500. The number of ether oxygens (including phenoxy) is 1. The molecule has 0 aromatic heterocycles. The molecule has 0 spiro atoms. The Morgan fingerprint density at radius 2 is 2.15 bits per heavy atom. The van der Waals surface area contributed by atoms with Crippen molar-refractivity contribution in [1.29, 1.82) is 0 Å². The molecule has 0 heterocycles. The van der Waals surface area contributed by atoms with Crippen LogP contribution in [0, 0.1) is 11.3 Å². The van der Waals surface area contributed by atoms with E-state index in [1.807, 2.05) is 18.2 Å². The van der Waals surface area contributed by atoms with Gasteiger partial charge in [0.1, 0.15) is 6.29 Å². The van der Waals surface area contributed by atoms with E-state index in [0.29, 0.717) is 12.5 Å². The van der Waals surface area contributed by atoms with Gasteiger partial charge in [-0.3, -0.25) is 0 Å². The van der Waals surface area contributed by atoms with Crippen LogP contribution in [0.3, 0.4) is 0 Å². The first kappa shape index (κ1) is 15.0. The van der Waals surface area contributed by atoms with Gasteiger partial charge in [-0.05, 0) is 37.2 Å². The minimum Gasteiger partial charge on any atom is -0.377 e. The van der Waals surface area contributed by atoms with Gasteiger partial charge in [0.15, 0.2) is 0 Å². The summed E-state index contributed by atoms with van der Waals surface area (Å²) in [5.74, 6) is 0.513. The molecular formula is C18H24O2. The van der Waals surface area contributed by atoms with Gasteiger partial charge in [-0.25, -0.2) is 0 Å². The predicted octanol–water partition coefficient (Wildman–Crippen LogP) is 4.15. The number of allylic oxidation sites excluding steroid dienone is 2. The van der Waals surface area contributed by atoms with Crippen LogP contribution in [0.4, 0.5) is 0 Å². The third-order valence-corrected chi connectivity index (χ3v) is 4.04. The molecule has 0 aliphatic heterocycles. The first-order valence-corrected chi connectivity index (χ1v) is 7.49. The Kier molecular flexibility index (Phi) is 5.54. The summed E-state index contributed by atoms with van der Waals surface area (Å²) in [6.07, 6.45) is 9.29. The number of aldehydes is 1. The highest BCUT2D eigenvalue weighted by molar-refractivity contribution is 5.60. The van der Waals surface area contributed by atoms with Crippen molar-refractivity contribution in [2.45, 2.75) is 39.2 Å². The van der Waals surface area contributed by atoms with Gasteiger partial charge >= 0.3 is 0 Å². The predicted molar refractivity (Wildman–Crippen MR) is 81.4 cm³/mol. The van der Waals surface area contributed by atoms with Gasteiger partial charge < -0.3 is 9.53 Å². The lowest BCUT2D eigenvalue weighted by molar-refractivity contribution is -0.117. The first-order chi connectivity index (χ1) is 9.74. The number of carbonyl (C=O) groups is 1.